The van der Waals surface area contributed by atoms with E-state index in [1.165, 1.54) is 4.57 Å². The van der Waals surface area contributed by atoms with Crippen LogP contribution in [-0.4, -0.2) is 14.5 Å². The molecule has 0 bridgehead atoms. The quantitative estimate of drug-likeness (QED) is 0.561. The summed E-state index contributed by atoms with van der Waals surface area (Å²) in [6.07, 6.45) is 5.84. The van der Waals surface area contributed by atoms with Crippen LogP contribution in [0.1, 0.15) is 31.0 Å². The van der Waals surface area contributed by atoms with E-state index in [1.807, 2.05) is 42.5 Å². The number of benzene rings is 1. The predicted molar refractivity (Wildman–Crippen MR) is 101 cm³/mol. The number of hydrogen-bond acceptors (Lipinski definition) is 3. The van der Waals surface area contributed by atoms with Crippen LogP contribution in [0.5, 0.6) is 0 Å². The summed E-state index contributed by atoms with van der Waals surface area (Å²) in [6.45, 7) is 2.38. The molecular weight excluding hydrogens is 338 g/mol. The maximum absolute atomic E-state index is 12.4. The third-order valence-electron chi connectivity index (χ3n) is 3.87. The molecule has 2 heterocycles. The van der Waals surface area contributed by atoms with Crippen molar-refractivity contribution in [1.82, 2.24) is 14.5 Å². The molecule has 1 N–H and O–H groups in total. The van der Waals surface area contributed by atoms with Crippen LogP contribution in [0, 0.1) is 0 Å². The van der Waals surface area contributed by atoms with Crippen molar-refractivity contribution in [3.05, 3.63) is 79.6 Å². The summed E-state index contributed by atoms with van der Waals surface area (Å²) in [5, 5.41) is 0.174. The van der Waals surface area contributed by atoms with Crippen LogP contribution in [0.15, 0.2) is 52.1 Å². The number of rotatable bonds is 5. The van der Waals surface area contributed by atoms with E-state index in [2.05, 4.69) is 16.9 Å². The molecule has 3 rings (SSSR count). The topological polar surface area (TPSA) is 67.8 Å². The van der Waals surface area contributed by atoms with E-state index in [9.17, 15) is 9.59 Å². The SMILES string of the molecule is CCC/C=C/c1cc2c([nH]c(=O)c(=O)n2Cc2ccccc2)c(Cl)n1. The number of hydrogen-bond donors (Lipinski definition) is 1. The fourth-order valence-electron chi connectivity index (χ4n) is 2.63. The van der Waals surface area contributed by atoms with E-state index < -0.39 is 11.1 Å². The van der Waals surface area contributed by atoms with Crippen LogP contribution in [0.3, 0.4) is 0 Å². The van der Waals surface area contributed by atoms with Gasteiger partial charge in [0.2, 0.25) is 0 Å². The van der Waals surface area contributed by atoms with Crippen molar-refractivity contribution in [3.63, 3.8) is 0 Å². The first-order valence-electron chi connectivity index (χ1n) is 8.14. The second-order valence-electron chi connectivity index (χ2n) is 5.75. The smallest absolute Gasteiger partial charge is 0.313 e. The Morgan fingerprint density at radius 1 is 1.24 bits per heavy atom. The van der Waals surface area contributed by atoms with Gasteiger partial charge in [0.1, 0.15) is 5.52 Å². The predicted octanol–water partition coefficient (Wildman–Crippen LogP) is 3.60. The van der Waals surface area contributed by atoms with Crippen molar-refractivity contribution in [2.24, 2.45) is 0 Å². The van der Waals surface area contributed by atoms with Crippen molar-refractivity contribution in [1.29, 1.82) is 0 Å². The second kappa shape index (κ2) is 7.49. The van der Waals surface area contributed by atoms with Crippen molar-refractivity contribution < 1.29 is 0 Å². The van der Waals surface area contributed by atoms with E-state index in [-0.39, 0.29) is 5.15 Å². The molecule has 1 aromatic carbocycles. The molecule has 0 atom stereocenters. The Kier molecular flexibility index (Phi) is 5.14. The van der Waals surface area contributed by atoms with Crippen LogP contribution in [-0.2, 0) is 6.54 Å². The zero-order chi connectivity index (χ0) is 17.8. The van der Waals surface area contributed by atoms with Gasteiger partial charge in [0, 0.05) is 0 Å². The second-order valence-corrected chi connectivity index (χ2v) is 6.11. The fourth-order valence-corrected chi connectivity index (χ4v) is 2.87. The minimum Gasteiger partial charge on any atom is -0.313 e. The Hall–Kier alpha value is -2.66. The van der Waals surface area contributed by atoms with E-state index >= 15 is 0 Å². The molecule has 0 fully saturated rings. The monoisotopic (exact) mass is 355 g/mol. The Labute approximate surface area is 149 Å². The molecule has 0 aliphatic carbocycles. The molecule has 0 radical (unpaired) electrons. The number of aromatic nitrogens is 3. The summed E-state index contributed by atoms with van der Waals surface area (Å²) >= 11 is 6.24. The lowest BCUT2D eigenvalue weighted by Gasteiger charge is -2.11. The normalized spacial score (nSPS) is 11.4. The average molecular weight is 356 g/mol. The number of H-pyrrole nitrogens is 1. The summed E-state index contributed by atoms with van der Waals surface area (Å²) in [6, 6.07) is 11.3. The molecule has 25 heavy (non-hydrogen) atoms. The van der Waals surface area contributed by atoms with Gasteiger partial charge in [-0.2, -0.15) is 0 Å². The molecule has 128 valence electrons. The van der Waals surface area contributed by atoms with Crippen LogP contribution < -0.4 is 11.1 Å². The first-order valence-corrected chi connectivity index (χ1v) is 8.51. The highest BCUT2D eigenvalue weighted by Crippen LogP contribution is 2.20. The molecule has 0 aliphatic rings. The van der Waals surface area contributed by atoms with E-state index in [4.69, 9.17) is 11.6 Å². The first-order chi connectivity index (χ1) is 12.1. The Bertz CT molecular complexity index is 1040. The number of allylic oxidation sites excluding steroid dienone is 1. The number of nitrogens with one attached hydrogen (secondary N) is 1. The van der Waals surface area contributed by atoms with Gasteiger partial charge in [-0.05, 0) is 24.1 Å². The van der Waals surface area contributed by atoms with Crippen molar-refractivity contribution in [2.75, 3.05) is 0 Å². The van der Waals surface area contributed by atoms with Crippen LogP contribution >= 0.6 is 11.6 Å². The number of unbranched alkanes of at least 4 members (excludes halogenated alkanes) is 1. The molecule has 0 saturated heterocycles. The molecule has 0 amide bonds. The van der Waals surface area contributed by atoms with Crippen molar-refractivity contribution in [2.45, 2.75) is 26.3 Å². The summed E-state index contributed by atoms with van der Waals surface area (Å²) in [5.41, 5.74) is 1.19. The van der Waals surface area contributed by atoms with Gasteiger partial charge in [0.15, 0.2) is 5.15 Å². The fraction of sp³-hybridized carbons (Fsp3) is 0.211. The lowest BCUT2D eigenvalue weighted by Crippen LogP contribution is -2.36. The average Bonchev–Trinajstić information content (AvgIpc) is 2.61. The summed E-state index contributed by atoms with van der Waals surface area (Å²) < 4.78 is 1.44. The highest BCUT2D eigenvalue weighted by Gasteiger charge is 2.12. The molecule has 0 spiro atoms. The van der Waals surface area contributed by atoms with Gasteiger partial charge in [0.25, 0.3) is 0 Å². The summed E-state index contributed by atoms with van der Waals surface area (Å²) in [5.74, 6) is 0. The third kappa shape index (κ3) is 3.72. The van der Waals surface area contributed by atoms with Gasteiger partial charge in [-0.1, -0.05) is 61.4 Å². The Morgan fingerprint density at radius 2 is 2.00 bits per heavy atom. The largest absolute Gasteiger partial charge is 0.317 e. The van der Waals surface area contributed by atoms with E-state index in [0.717, 1.165) is 18.4 Å². The maximum Gasteiger partial charge on any atom is 0.317 e. The molecule has 0 unspecified atom stereocenters. The highest BCUT2D eigenvalue weighted by atomic mass is 35.5. The summed E-state index contributed by atoms with van der Waals surface area (Å²) in [7, 11) is 0. The Balaban J connectivity index is 2.20. The van der Waals surface area contributed by atoms with E-state index in [1.54, 1.807) is 6.07 Å². The van der Waals surface area contributed by atoms with Gasteiger partial charge in [-0.3, -0.25) is 14.2 Å². The maximum atomic E-state index is 12.4. The number of halogens is 1. The number of aromatic amines is 1. The minimum absolute atomic E-state index is 0.174. The third-order valence-corrected chi connectivity index (χ3v) is 4.14. The molecule has 2 aromatic heterocycles. The number of nitrogens with zero attached hydrogens (tertiary/aromatic N) is 2. The zero-order valence-electron chi connectivity index (χ0n) is 13.8. The highest BCUT2D eigenvalue weighted by molar-refractivity contribution is 6.33. The molecular formula is C19H18ClN3O2. The van der Waals surface area contributed by atoms with Gasteiger partial charge in [-0.15, -0.1) is 0 Å². The molecule has 6 heteroatoms. The lowest BCUT2D eigenvalue weighted by molar-refractivity contribution is 0.775. The first kappa shape index (κ1) is 17.2. The molecule has 3 aromatic rings. The van der Waals surface area contributed by atoms with Crippen LogP contribution in [0.4, 0.5) is 0 Å². The molecule has 0 saturated carbocycles. The standard InChI is InChI=1S/C19H18ClN3O2/c1-2-3-5-10-14-11-15-16(17(20)21-14)22-18(24)19(25)23(15)12-13-8-6-4-7-9-13/h4-11H,2-3,12H2,1H3,(H,22,24)/b10-5+. The van der Waals surface area contributed by atoms with Gasteiger partial charge >= 0.3 is 11.1 Å². The van der Waals surface area contributed by atoms with Gasteiger partial charge < -0.3 is 4.98 Å². The van der Waals surface area contributed by atoms with E-state index in [0.29, 0.717) is 23.3 Å². The molecule has 5 nitrogen and oxygen atoms in total. The van der Waals surface area contributed by atoms with Crippen molar-refractivity contribution in [3.8, 4) is 0 Å². The zero-order valence-corrected chi connectivity index (χ0v) is 14.6. The van der Waals surface area contributed by atoms with Crippen LogP contribution in [0.2, 0.25) is 5.15 Å². The van der Waals surface area contributed by atoms with Crippen molar-refractivity contribution >= 4 is 28.7 Å². The lowest BCUT2D eigenvalue weighted by atomic mass is 10.2. The molecule has 0 aliphatic heterocycles. The number of fused-ring (bicyclic) bond motifs is 1. The van der Waals surface area contributed by atoms with Gasteiger partial charge in [0.05, 0.1) is 17.8 Å². The minimum atomic E-state index is -0.707. The van der Waals surface area contributed by atoms with Crippen LogP contribution in [0.25, 0.3) is 17.1 Å². The Morgan fingerprint density at radius 3 is 2.72 bits per heavy atom. The summed E-state index contributed by atoms with van der Waals surface area (Å²) in [4.78, 5) is 31.2. The number of pyridine rings is 1. The van der Waals surface area contributed by atoms with Gasteiger partial charge in [-0.25, -0.2) is 4.98 Å².